The molecule has 0 amide bonds. The van der Waals surface area contributed by atoms with Crippen LogP contribution in [0.5, 0.6) is 0 Å². The molecule has 0 spiro atoms. The van der Waals surface area contributed by atoms with E-state index < -0.39 is 5.07 Å². The Labute approximate surface area is 74.2 Å². The molecule has 0 fully saturated rings. The van der Waals surface area contributed by atoms with Gasteiger partial charge in [-0.1, -0.05) is 0 Å². The molecular formula is C7H4F2Se2. The number of halogens is 2. The van der Waals surface area contributed by atoms with Gasteiger partial charge in [0, 0.05) is 0 Å². The van der Waals surface area contributed by atoms with Crippen molar-refractivity contribution in [2.75, 3.05) is 0 Å². The zero-order valence-corrected chi connectivity index (χ0v) is 8.81. The predicted octanol–water partition coefficient (Wildman–Crippen LogP) is 0.756. The summed E-state index contributed by atoms with van der Waals surface area (Å²) >= 11 is 0.196. The van der Waals surface area contributed by atoms with Crippen molar-refractivity contribution in [2.45, 2.75) is 5.07 Å². The van der Waals surface area contributed by atoms with Crippen molar-refractivity contribution in [1.29, 1.82) is 0 Å². The van der Waals surface area contributed by atoms with Crippen molar-refractivity contribution in [3.05, 3.63) is 29.6 Å². The van der Waals surface area contributed by atoms with E-state index in [1.165, 1.54) is 6.07 Å². The van der Waals surface area contributed by atoms with Crippen LogP contribution in [0.25, 0.3) is 0 Å². The Morgan fingerprint density at radius 2 is 2.18 bits per heavy atom. The van der Waals surface area contributed by atoms with Gasteiger partial charge in [-0.2, -0.15) is 0 Å². The Kier molecular flexibility index (Phi) is 2.02. The van der Waals surface area contributed by atoms with Crippen LogP contribution in [0.2, 0.25) is 0 Å². The van der Waals surface area contributed by atoms with Crippen LogP contribution >= 0.6 is 0 Å². The summed E-state index contributed by atoms with van der Waals surface area (Å²) in [4.78, 5) is 0. The second-order valence-corrected chi connectivity index (χ2v) is 8.61. The molecule has 1 atom stereocenters. The van der Waals surface area contributed by atoms with E-state index in [2.05, 4.69) is 0 Å². The summed E-state index contributed by atoms with van der Waals surface area (Å²) in [5, 5.41) is -0.987. The molecule has 0 nitrogen and oxygen atoms in total. The van der Waals surface area contributed by atoms with Crippen LogP contribution in [0.1, 0.15) is 10.6 Å². The molecule has 1 unspecified atom stereocenters. The fourth-order valence-electron chi connectivity index (χ4n) is 0.952. The number of alkyl halides is 1. The van der Waals surface area contributed by atoms with E-state index in [0.29, 0.717) is 5.56 Å². The molecule has 2 rings (SSSR count). The van der Waals surface area contributed by atoms with Crippen LogP contribution < -0.4 is 4.46 Å². The van der Waals surface area contributed by atoms with E-state index in [9.17, 15) is 8.78 Å². The minimum absolute atomic E-state index is 0.0163. The molecule has 0 saturated heterocycles. The molecule has 0 radical (unpaired) electrons. The SMILES string of the molecule is Fc1cccc2c1C(F)[Se][Se]2. The number of benzene rings is 1. The third-order valence-electron chi connectivity index (χ3n) is 1.46. The van der Waals surface area contributed by atoms with E-state index >= 15 is 0 Å². The van der Waals surface area contributed by atoms with Crippen molar-refractivity contribution in [1.82, 2.24) is 0 Å². The minimum atomic E-state index is -0.987. The Balaban J connectivity index is 2.58. The normalized spacial score (nSPS) is 21.8. The fourth-order valence-corrected chi connectivity index (χ4v) is 8.01. The van der Waals surface area contributed by atoms with Crippen molar-refractivity contribution in [3.63, 3.8) is 0 Å². The molecular weight excluding hydrogens is 280 g/mol. The zero-order valence-electron chi connectivity index (χ0n) is 5.38. The third kappa shape index (κ3) is 1.25. The molecule has 0 bridgehead atoms. The van der Waals surface area contributed by atoms with E-state index in [0.717, 1.165) is 4.46 Å². The maximum absolute atomic E-state index is 13.0. The molecule has 0 aliphatic carbocycles. The molecule has 0 N–H and O–H groups in total. The van der Waals surface area contributed by atoms with Gasteiger partial charge in [0.15, 0.2) is 0 Å². The molecule has 1 aliphatic rings. The summed E-state index contributed by atoms with van der Waals surface area (Å²) in [5.41, 5.74) is 0.340. The molecule has 1 aromatic carbocycles. The molecule has 4 heteroatoms. The van der Waals surface area contributed by atoms with E-state index in [1.54, 1.807) is 6.07 Å². The second kappa shape index (κ2) is 2.87. The van der Waals surface area contributed by atoms with Crippen LogP contribution in [-0.2, 0) is 0 Å². The van der Waals surface area contributed by atoms with Crippen molar-refractivity contribution in [3.8, 4) is 0 Å². The van der Waals surface area contributed by atoms with Gasteiger partial charge in [-0.05, 0) is 0 Å². The summed E-state index contributed by atoms with van der Waals surface area (Å²) in [6.07, 6.45) is 0. The number of fused-ring (bicyclic) bond motifs is 1. The van der Waals surface area contributed by atoms with Crippen LogP contribution in [0.3, 0.4) is 0 Å². The Morgan fingerprint density at radius 1 is 1.36 bits per heavy atom. The first-order valence-corrected chi connectivity index (χ1v) is 9.23. The van der Waals surface area contributed by atoms with Crippen molar-refractivity contribution >= 4 is 30.7 Å². The van der Waals surface area contributed by atoms with Gasteiger partial charge in [0.1, 0.15) is 0 Å². The quantitative estimate of drug-likeness (QED) is 0.617. The first-order chi connectivity index (χ1) is 5.29. The number of rotatable bonds is 0. The van der Waals surface area contributed by atoms with Crippen LogP contribution in [0, 0.1) is 5.82 Å². The number of hydrogen-bond donors (Lipinski definition) is 0. The zero-order chi connectivity index (χ0) is 7.84. The van der Waals surface area contributed by atoms with Crippen molar-refractivity contribution in [2.24, 2.45) is 0 Å². The molecule has 1 aliphatic heterocycles. The van der Waals surface area contributed by atoms with Gasteiger partial charge >= 0.3 is 74.2 Å². The maximum atomic E-state index is 13.0. The first-order valence-electron chi connectivity index (χ1n) is 3.05. The topological polar surface area (TPSA) is 0 Å². The second-order valence-electron chi connectivity index (χ2n) is 2.15. The van der Waals surface area contributed by atoms with Gasteiger partial charge in [-0.15, -0.1) is 0 Å². The van der Waals surface area contributed by atoms with Gasteiger partial charge in [0.05, 0.1) is 0 Å². The van der Waals surface area contributed by atoms with Crippen LogP contribution in [0.15, 0.2) is 18.2 Å². The van der Waals surface area contributed by atoms with E-state index in [1.807, 2.05) is 6.07 Å². The van der Waals surface area contributed by atoms with E-state index in [4.69, 9.17) is 0 Å². The first kappa shape index (κ1) is 7.75. The molecule has 1 aromatic rings. The van der Waals surface area contributed by atoms with Crippen LogP contribution in [-0.4, -0.2) is 26.3 Å². The molecule has 11 heavy (non-hydrogen) atoms. The third-order valence-corrected chi connectivity index (χ3v) is 8.49. The summed E-state index contributed by atoms with van der Waals surface area (Å²) in [5.74, 6) is -0.365. The average Bonchev–Trinajstić information content (AvgIpc) is 2.34. The molecule has 0 saturated carbocycles. The van der Waals surface area contributed by atoms with Crippen LogP contribution in [0.4, 0.5) is 8.78 Å². The van der Waals surface area contributed by atoms with Gasteiger partial charge in [-0.25, -0.2) is 0 Å². The van der Waals surface area contributed by atoms with Gasteiger partial charge in [-0.3, -0.25) is 0 Å². The summed E-state index contributed by atoms with van der Waals surface area (Å²) in [7, 11) is 0. The average molecular weight is 284 g/mol. The molecule has 0 aromatic heterocycles. The standard InChI is InChI=1S/C7H4F2Se2/c8-4-2-1-3-5-6(4)7(9)11-10-5/h1-3,7H. The molecule has 58 valence electrons. The number of hydrogen-bond acceptors (Lipinski definition) is 0. The summed E-state index contributed by atoms with van der Waals surface area (Å²) < 4.78 is 26.8. The molecule has 1 heterocycles. The summed E-state index contributed by atoms with van der Waals surface area (Å²) in [6.45, 7) is 0. The Bertz CT molecular complexity index is 288. The Morgan fingerprint density at radius 3 is 2.91 bits per heavy atom. The van der Waals surface area contributed by atoms with Crippen molar-refractivity contribution < 1.29 is 8.78 Å². The van der Waals surface area contributed by atoms with E-state index in [-0.39, 0.29) is 32.1 Å². The Hall–Kier alpha value is 0.119. The van der Waals surface area contributed by atoms with Gasteiger partial charge < -0.3 is 0 Å². The monoisotopic (exact) mass is 286 g/mol. The predicted molar refractivity (Wildman–Crippen MR) is 41.4 cm³/mol. The van der Waals surface area contributed by atoms with Gasteiger partial charge in [0.2, 0.25) is 0 Å². The fraction of sp³-hybridized carbons (Fsp3) is 0.143. The van der Waals surface area contributed by atoms with Gasteiger partial charge in [0.25, 0.3) is 0 Å². The summed E-state index contributed by atoms with van der Waals surface area (Å²) in [6, 6.07) is 4.83.